The van der Waals surface area contributed by atoms with E-state index in [9.17, 15) is 29.4 Å². The first-order chi connectivity index (χ1) is 24.2. The zero-order valence-corrected chi connectivity index (χ0v) is 33.1. The number of alkyl carbamates (subject to hydrolysis) is 1. The van der Waals surface area contributed by atoms with Gasteiger partial charge in [0.15, 0.2) is 5.72 Å². The summed E-state index contributed by atoms with van der Waals surface area (Å²) < 4.78 is 23.0. The molecule has 288 valence electrons. The number of rotatable bonds is 7. The Hall–Kier alpha value is -3.30. The molecule has 0 aliphatic carbocycles. The summed E-state index contributed by atoms with van der Waals surface area (Å²) in [5.41, 5.74) is -1.28. The van der Waals surface area contributed by atoms with Crippen molar-refractivity contribution in [1.29, 1.82) is 0 Å². The maximum Gasteiger partial charge on any atom is 0.409 e. The molecule has 3 amide bonds. The average Bonchev–Trinajstić information content (AvgIpc) is 3.78. The molecule has 0 radical (unpaired) electrons. The van der Waals surface area contributed by atoms with Crippen LogP contribution in [0.5, 0.6) is 5.75 Å². The van der Waals surface area contributed by atoms with E-state index in [4.69, 9.17) is 30.5 Å². The summed E-state index contributed by atoms with van der Waals surface area (Å²) in [5, 5.41) is 25.0. The Morgan fingerprint density at radius 3 is 2.60 bits per heavy atom. The van der Waals surface area contributed by atoms with Crippen LogP contribution < -0.4 is 15.0 Å². The highest BCUT2D eigenvalue weighted by molar-refractivity contribution is 7.99. The molecule has 52 heavy (non-hydrogen) atoms. The van der Waals surface area contributed by atoms with Crippen LogP contribution in [-0.2, 0) is 35.0 Å². The molecule has 3 aliphatic rings. The molecule has 2 fully saturated rings. The third kappa shape index (κ3) is 9.07. The van der Waals surface area contributed by atoms with Crippen LogP contribution >= 0.6 is 23.4 Å². The number of halogens is 1. The van der Waals surface area contributed by atoms with Crippen LogP contribution in [0.4, 0.5) is 10.5 Å². The number of nitrogens with one attached hydrogen (secondary N) is 1. The number of aliphatic hydroxyl groups excluding tert-OH is 1. The number of allylic oxidation sites excluding steroid dienone is 3. The molecule has 1 aromatic carbocycles. The van der Waals surface area contributed by atoms with Crippen LogP contribution in [0.2, 0.25) is 5.02 Å². The van der Waals surface area contributed by atoms with E-state index >= 15 is 0 Å². The minimum absolute atomic E-state index is 0.184. The maximum atomic E-state index is 14.1. The second kappa shape index (κ2) is 16.0. The number of methoxy groups -OCH3 is 1. The highest BCUT2D eigenvalue weighted by atomic mass is 35.5. The van der Waals surface area contributed by atoms with E-state index in [0.29, 0.717) is 17.9 Å². The predicted octanol–water partition coefficient (Wildman–Crippen LogP) is 4.39. The van der Waals surface area contributed by atoms with E-state index in [1.54, 1.807) is 52.1 Å². The molecule has 0 saturated carbocycles. The number of carbonyl (C=O) groups excluding carboxylic acids is 4. The molecule has 8 atom stereocenters. The summed E-state index contributed by atoms with van der Waals surface area (Å²) in [4.78, 5) is 56.4. The van der Waals surface area contributed by atoms with Crippen molar-refractivity contribution in [2.75, 3.05) is 32.4 Å². The van der Waals surface area contributed by atoms with Gasteiger partial charge in [-0.1, -0.05) is 56.2 Å². The summed E-state index contributed by atoms with van der Waals surface area (Å²) >= 11 is 8.27. The Labute approximate surface area is 315 Å². The number of epoxide rings is 1. The van der Waals surface area contributed by atoms with Gasteiger partial charge in [0.1, 0.15) is 40.7 Å². The molecule has 4 rings (SSSR count). The van der Waals surface area contributed by atoms with Crippen LogP contribution in [0.1, 0.15) is 66.4 Å². The number of hydrogen-bond donors (Lipinski definition) is 3. The average molecular weight is 766 g/mol. The molecule has 15 heteroatoms. The highest BCUT2D eigenvalue weighted by Gasteiger charge is 2.64. The van der Waals surface area contributed by atoms with Crippen LogP contribution in [0, 0.1) is 5.92 Å². The quantitative estimate of drug-likeness (QED) is 0.266. The fourth-order valence-corrected chi connectivity index (χ4v) is 7.10. The Morgan fingerprint density at radius 1 is 1.29 bits per heavy atom. The van der Waals surface area contributed by atoms with Crippen LogP contribution in [0.15, 0.2) is 35.9 Å². The maximum absolute atomic E-state index is 14.1. The number of thioether (sulfide) groups is 1. The van der Waals surface area contributed by atoms with Crippen LogP contribution in [0.3, 0.4) is 0 Å². The lowest BCUT2D eigenvalue weighted by Crippen LogP contribution is -2.63. The Morgan fingerprint density at radius 2 is 1.96 bits per heavy atom. The minimum Gasteiger partial charge on any atom is -0.495 e. The summed E-state index contributed by atoms with van der Waals surface area (Å²) in [6.07, 6.45) is 1.56. The van der Waals surface area contributed by atoms with Gasteiger partial charge in [-0.15, -0.1) is 0 Å². The topological polar surface area (TPSA) is 167 Å². The van der Waals surface area contributed by atoms with Gasteiger partial charge in [0, 0.05) is 37.6 Å². The molecule has 0 aromatic heterocycles. The number of aliphatic hydroxyl groups is 2. The lowest BCUT2D eigenvalue weighted by atomic mass is 9.83. The number of benzene rings is 1. The molecule has 4 bridgehead atoms. The van der Waals surface area contributed by atoms with Gasteiger partial charge in [0.25, 0.3) is 0 Å². The smallest absolute Gasteiger partial charge is 0.409 e. The standard InChI is InChI=1S/C37H52ClN3O10S/c1-20-12-11-13-27(42)37(47)18-26(49-34(46)39-37)21(2)32-36(6,51-32)28(50-33(45)22(3)40(7)30(44)19-35(4,5)52-10)17-29(43)41(8)24-15-23(14-20)16-25(48-9)31(24)38/h11-13,15-16,21-22,26-28,32,42,47H,14,17-19H2,1-10H3,(H,39,46)/b13-11+,20-12+/t21-,22+,26+,27-,28+,32+,36+,37+/m1/s1. The number of ether oxygens (including phenoxy) is 4. The Kier molecular flexibility index (Phi) is 12.7. The van der Waals surface area contributed by atoms with Crippen molar-refractivity contribution in [1.82, 2.24) is 10.2 Å². The Bertz CT molecular complexity index is 1620. The van der Waals surface area contributed by atoms with Gasteiger partial charge in [-0.05, 0) is 51.1 Å². The second-order valence-electron chi connectivity index (χ2n) is 14.8. The first-order valence-electron chi connectivity index (χ1n) is 17.2. The zero-order valence-electron chi connectivity index (χ0n) is 31.5. The van der Waals surface area contributed by atoms with E-state index < -0.39 is 65.7 Å². The van der Waals surface area contributed by atoms with E-state index in [-0.39, 0.29) is 34.9 Å². The number of hydrogen-bond acceptors (Lipinski definition) is 11. The van der Waals surface area contributed by atoms with Gasteiger partial charge >= 0.3 is 12.1 Å². The number of esters is 1. The summed E-state index contributed by atoms with van der Waals surface area (Å²) in [7, 11) is 4.57. The van der Waals surface area contributed by atoms with Crippen LogP contribution in [0.25, 0.3) is 0 Å². The lowest BCUT2D eigenvalue weighted by Gasteiger charge is -2.41. The molecule has 1 aromatic rings. The number of carbonyl (C=O) groups is 4. The largest absolute Gasteiger partial charge is 0.495 e. The van der Waals surface area contributed by atoms with Gasteiger partial charge in [0.05, 0.1) is 25.3 Å². The summed E-state index contributed by atoms with van der Waals surface area (Å²) in [6, 6.07) is 2.54. The molecule has 2 saturated heterocycles. The van der Waals surface area contributed by atoms with Crippen LogP contribution in [-0.4, -0.2) is 113 Å². The first kappa shape index (κ1) is 41.5. The number of fused-ring (bicyclic) bond motifs is 5. The number of likely N-dealkylation sites (N-methyl/N-ethyl adjacent to an activating group) is 1. The van der Waals surface area contributed by atoms with Crippen molar-refractivity contribution >= 4 is 52.9 Å². The number of nitrogens with zero attached hydrogens (tertiary/aromatic N) is 2. The Balaban J connectivity index is 1.74. The summed E-state index contributed by atoms with van der Waals surface area (Å²) in [6.45, 7) is 10.8. The van der Waals surface area contributed by atoms with Crippen molar-refractivity contribution in [3.8, 4) is 5.75 Å². The SMILES string of the molecule is COc1cc2cc(c1Cl)N(C)C(=O)C[C@H](OC(=O)[C@H](C)N(C)C(=O)CC(C)(C)SC)[C@]1(C)O[C@H]1[C@H](C)[C@@H]1C[C@@](O)(NC(=O)O1)[C@H](O)/C=C/C=C(\C)C2. The van der Waals surface area contributed by atoms with Gasteiger partial charge in [-0.2, -0.15) is 11.8 Å². The van der Waals surface area contributed by atoms with Crippen molar-refractivity contribution in [3.63, 3.8) is 0 Å². The molecule has 0 unspecified atom stereocenters. The molecule has 3 aliphatic heterocycles. The molecule has 13 nitrogen and oxygen atoms in total. The van der Waals surface area contributed by atoms with Crippen molar-refractivity contribution < 1.29 is 48.3 Å². The molecular weight excluding hydrogens is 714 g/mol. The van der Waals surface area contributed by atoms with Crippen molar-refractivity contribution in [3.05, 3.63) is 46.5 Å². The molecule has 0 spiro atoms. The lowest BCUT2D eigenvalue weighted by molar-refractivity contribution is -0.162. The van der Waals surface area contributed by atoms with Crippen molar-refractivity contribution in [2.24, 2.45) is 5.92 Å². The van der Waals surface area contributed by atoms with E-state index in [1.807, 2.05) is 27.0 Å². The van der Waals surface area contributed by atoms with Crippen molar-refractivity contribution in [2.45, 2.75) is 114 Å². The molecule has 3 N–H and O–H groups in total. The van der Waals surface area contributed by atoms with Gasteiger partial charge in [-0.3, -0.25) is 14.9 Å². The fourth-order valence-electron chi connectivity index (χ4n) is 6.52. The molecular formula is C37H52ClN3O10S. The molecule has 3 heterocycles. The fraction of sp³-hybridized carbons (Fsp3) is 0.622. The number of amides is 3. The third-order valence-electron chi connectivity index (χ3n) is 10.4. The van der Waals surface area contributed by atoms with Gasteiger partial charge in [0.2, 0.25) is 11.8 Å². The monoisotopic (exact) mass is 765 g/mol. The first-order valence-corrected chi connectivity index (χ1v) is 18.8. The van der Waals surface area contributed by atoms with Gasteiger partial charge < -0.3 is 39.0 Å². The normalized spacial score (nSPS) is 31.9. The summed E-state index contributed by atoms with van der Waals surface area (Å²) in [5.74, 6) is -1.65. The van der Waals surface area contributed by atoms with E-state index in [2.05, 4.69) is 5.32 Å². The van der Waals surface area contributed by atoms with Gasteiger partial charge in [-0.25, -0.2) is 9.59 Å². The third-order valence-corrected chi connectivity index (χ3v) is 12.1. The van der Waals surface area contributed by atoms with E-state index in [1.165, 1.54) is 41.8 Å². The zero-order chi connectivity index (χ0) is 38.9. The second-order valence-corrected chi connectivity index (χ2v) is 16.7. The predicted molar refractivity (Wildman–Crippen MR) is 198 cm³/mol. The number of anilines is 1. The highest BCUT2D eigenvalue weighted by Crippen LogP contribution is 2.49. The minimum atomic E-state index is -2.05. The van der Waals surface area contributed by atoms with E-state index in [0.717, 1.165) is 11.1 Å².